The number of thioether (sulfide) groups is 1. The maximum atomic E-state index is 8.94. The Morgan fingerprint density at radius 1 is 1.06 bits per heavy atom. The molecule has 0 fully saturated rings. The van der Waals surface area contributed by atoms with Gasteiger partial charge in [-0.2, -0.15) is 0 Å². The Morgan fingerprint density at radius 3 is 2.31 bits per heavy atom. The monoisotopic (exact) mass is 238 g/mol. The molecule has 1 aromatic carbocycles. The van der Waals surface area contributed by atoms with Crippen molar-refractivity contribution < 1.29 is 10.0 Å². The smallest absolute Gasteiger partial charge is 0.423 e. The number of unbranched alkanes of at least 4 members (excludes halogenated alkanes) is 3. The van der Waals surface area contributed by atoms with Crippen molar-refractivity contribution in [1.29, 1.82) is 0 Å². The van der Waals surface area contributed by atoms with Gasteiger partial charge in [0.15, 0.2) is 0 Å². The Labute approximate surface area is 102 Å². The minimum absolute atomic E-state index is 0.551. The van der Waals surface area contributed by atoms with E-state index in [1.807, 2.05) is 23.9 Å². The molecule has 2 N–H and O–H groups in total. The van der Waals surface area contributed by atoms with E-state index in [1.165, 1.54) is 30.6 Å². The molecule has 0 atom stereocenters. The lowest BCUT2D eigenvalue weighted by molar-refractivity contribution is 0.426. The lowest BCUT2D eigenvalue weighted by atomic mass is 9.81. The second-order valence-corrected chi connectivity index (χ2v) is 5.02. The first-order chi connectivity index (χ1) is 7.74. The van der Waals surface area contributed by atoms with Crippen molar-refractivity contribution in [2.24, 2.45) is 0 Å². The van der Waals surface area contributed by atoms with Crippen molar-refractivity contribution in [2.75, 3.05) is 5.75 Å². The van der Waals surface area contributed by atoms with Crippen molar-refractivity contribution in [3.8, 4) is 0 Å². The fourth-order valence-electron chi connectivity index (χ4n) is 1.46. The third-order valence-corrected chi connectivity index (χ3v) is 3.54. The third-order valence-electron chi connectivity index (χ3n) is 2.44. The van der Waals surface area contributed by atoms with Gasteiger partial charge in [-0.05, 0) is 29.8 Å². The van der Waals surface area contributed by atoms with Gasteiger partial charge in [-0.25, -0.2) is 0 Å². The molecule has 0 unspecified atom stereocenters. The zero-order chi connectivity index (χ0) is 11.8. The normalized spacial score (nSPS) is 10.4. The van der Waals surface area contributed by atoms with E-state index < -0.39 is 7.12 Å². The highest BCUT2D eigenvalue weighted by Crippen LogP contribution is 2.18. The van der Waals surface area contributed by atoms with Gasteiger partial charge in [-0.15, -0.1) is 11.8 Å². The molecule has 0 aliphatic carbocycles. The molecule has 0 radical (unpaired) electrons. The van der Waals surface area contributed by atoms with Crippen LogP contribution in [0.5, 0.6) is 0 Å². The summed E-state index contributed by atoms with van der Waals surface area (Å²) in [6.45, 7) is 2.21. The van der Waals surface area contributed by atoms with Crippen molar-refractivity contribution in [2.45, 2.75) is 37.5 Å². The number of hydrogen-bond donors (Lipinski definition) is 2. The second kappa shape index (κ2) is 7.77. The predicted octanol–water partition coefficient (Wildman–Crippen LogP) is 2.04. The van der Waals surface area contributed by atoms with Gasteiger partial charge in [0.05, 0.1) is 0 Å². The summed E-state index contributed by atoms with van der Waals surface area (Å²) in [6.07, 6.45) is 5.14. The number of rotatable bonds is 7. The van der Waals surface area contributed by atoms with E-state index in [-0.39, 0.29) is 0 Å². The van der Waals surface area contributed by atoms with Crippen LogP contribution >= 0.6 is 11.8 Å². The van der Waals surface area contributed by atoms with Crippen molar-refractivity contribution in [1.82, 2.24) is 0 Å². The zero-order valence-electron chi connectivity index (χ0n) is 9.72. The van der Waals surface area contributed by atoms with E-state index in [2.05, 4.69) is 6.92 Å². The minimum Gasteiger partial charge on any atom is -0.423 e. The summed E-state index contributed by atoms with van der Waals surface area (Å²) in [6, 6.07) is 7.41. The zero-order valence-corrected chi connectivity index (χ0v) is 10.5. The molecule has 0 aliphatic heterocycles. The highest BCUT2D eigenvalue weighted by atomic mass is 32.2. The molecular weight excluding hydrogens is 219 g/mol. The van der Waals surface area contributed by atoms with Crippen LogP contribution in [0.15, 0.2) is 29.2 Å². The van der Waals surface area contributed by atoms with Gasteiger partial charge in [0, 0.05) is 4.90 Å². The van der Waals surface area contributed by atoms with E-state index in [0.717, 1.165) is 5.75 Å². The topological polar surface area (TPSA) is 40.5 Å². The minimum atomic E-state index is -1.36. The Bertz CT molecular complexity index is 288. The van der Waals surface area contributed by atoms with Gasteiger partial charge in [0.1, 0.15) is 0 Å². The second-order valence-electron chi connectivity index (χ2n) is 3.85. The molecule has 0 saturated heterocycles. The number of hydrogen-bond acceptors (Lipinski definition) is 3. The summed E-state index contributed by atoms with van der Waals surface area (Å²) in [5.41, 5.74) is 0.551. The molecule has 0 aromatic heterocycles. The first kappa shape index (κ1) is 13.6. The molecule has 4 heteroatoms. The van der Waals surface area contributed by atoms with E-state index in [9.17, 15) is 0 Å². The molecule has 0 saturated carbocycles. The summed E-state index contributed by atoms with van der Waals surface area (Å²) in [7, 11) is -1.36. The summed E-state index contributed by atoms with van der Waals surface area (Å²) >= 11 is 1.83. The first-order valence-electron chi connectivity index (χ1n) is 5.83. The molecular formula is C12H19BO2S. The Balaban J connectivity index is 2.27. The van der Waals surface area contributed by atoms with Crippen LogP contribution in [0.3, 0.4) is 0 Å². The lowest BCUT2D eigenvalue weighted by Gasteiger charge is -2.03. The fourth-order valence-corrected chi connectivity index (χ4v) is 2.37. The average molecular weight is 238 g/mol. The van der Waals surface area contributed by atoms with Gasteiger partial charge in [0.25, 0.3) is 0 Å². The molecule has 1 rings (SSSR count). The van der Waals surface area contributed by atoms with E-state index in [1.54, 1.807) is 12.1 Å². The maximum Gasteiger partial charge on any atom is 0.488 e. The van der Waals surface area contributed by atoms with Gasteiger partial charge in [-0.1, -0.05) is 38.3 Å². The highest BCUT2D eigenvalue weighted by Gasteiger charge is 2.09. The van der Waals surface area contributed by atoms with E-state index >= 15 is 0 Å². The molecule has 0 bridgehead atoms. The van der Waals surface area contributed by atoms with Crippen LogP contribution in [0.4, 0.5) is 0 Å². The molecule has 16 heavy (non-hydrogen) atoms. The van der Waals surface area contributed by atoms with Crippen LogP contribution in [0, 0.1) is 0 Å². The van der Waals surface area contributed by atoms with Crippen molar-refractivity contribution in [3.05, 3.63) is 24.3 Å². The summed E-state index contributed by atoms with van der Waals surface area (Å²) in [5, 5.41) is 17.9. The van der Waals surface area contributed by atoms with Gasteiger partial charge >= 0.3 is 7.12 Å². The maximum absolute atomic E-state index is 8.94. The van der Waals surface area contributed by atoms with E-state index in [0.29, 0.717) is 5.46 Å². The Kier molecular flexibility index (Phi) is 6.61. The van der Waals surface area contributed by atoms with Crippen LogP contribution in [-0.4, -0.2) is 22.9 Å². The molecule has 0 heterocycles. The summed E-state index contributed by atoms with van der Waals surface area (Å²) < 4.78 is 0. The van der Waals surface area contributed by atoms with Crippen molar-refractivity contribution in [3.63, 3.8) is 0 Å². The SMILES string of the molecule is CCCCCCSc1ccc(B(O)O)cc1. The van der Waals surface area contributed by atoms with Crippen LogP contribution in [0.1, 0.15) is 32.6 Å². The fraction of sp³-hybridized carbons (Fsp3) is 0.500. The van der Waals surface area contributed by atoms with Gasteiger partial charge in [0.2, 0.25) is 0 Å². The van der Waals surface area contributed by atoms with Crippen molar-refractivity contribution >= 4 is 24.3 Å². The Hall–Kier alpha value is -0.445. The van der Waals surface area contributed by atoms with E-state index in [4.69, 9.17) is 10.0 Å². The molecule has 1 aromatic rings. The summed E-state index contributed by atoms with van der Waals surface area (Å²) in [4.78, 5) is 1.20. The molecule has 0 aliphatic rings. The van der Waals surface area contributed by atoms with Crippen LogP contribution in [0.2, 0.25) is 0 Å². The standard InChI is InChI=1S/C12H19BO2S/c1-2-3-4-5-10-16-12-8-6-11(7-9-12)13(14)15/h6-9,14-15H,2-5,10H2,1H3. The molecule has 0 spiro atoms. The molecule has 88 valence electrons. The largest absolute Gasteiger partial charge is 0.488 e. The quantitative estimate of drug-likeness (QED) is 0.434. The Morgan fingerprint density at radius 2 is 1.75 bits per heavy atom. The lowest BCUT2D eigenvalue weighted by Crippen LogP contribution is -2.29. The first-order valence-corrected chi connectivity index (χ1v) is 6.81. The van der Waals surface area contributed by atoms with Crippen LogP contribution < -0.4 is 5.46 Å². The average Bonchev–Trinajstić information content (AvgIpc) is 2.29. The summed E-state index contributed by atoms with van der Waals surface area (Å²) in [5.74, 6) is 1.14. The molecule has 2 nitrogen and oxygen atoms in total. The van der Waals surface area contributed by atoms with Gasteiger partial charge < -0.3 is 10.0 Å². The highest BCUT2D eigenvalue weighted by molar-refractivity contribution is 7.99. The van der Waals surface area contributed by atoms with Crippen LogP contribution in [-0.2, 0) is 0 Å². The molecule has 0 amide bonds. The van der Waals surface area contributed by atoms with Crippen LogP contribution in [0.25, 0.3) is 0 Å². The third kappa shape index (κ3) is 5.06. The number of benzene rings is 1. The predicted molar refractivity (Wildman–Crippen MR) is 71.1 cm³/mol. The van der Waals surface area contributed by atoms with Gasteiger partial charge in [-0.3, -0.25) is 0 Å².